The Morgan fingerprint density at radius 3 is 2.52 bits per heavy atom. The van der Waals surface area contributed by atoms with Crippen LogP contribution in [-0.4, -0.2) is 19.1 Å². The number of halogens is 1. The number of nitrogens with one attached hydrogen (secondary N) is 1. The third-order valence-corrected chi connectivity index (χ3v) is 4.34. The van der Waals surface area contributed by atoms with Gasteiger partial charge in [0.15, 0.2) is 5.60 Å². The summed E-state index contributed by atoms with van der Waals surface area (Å²) in [7, 11) is 0. The smallest absolute Gasteiger partial charge is 0.339 e. The summed E-state index contributed by atoms with van der Waals surface area (Å²) in [5.74, 6) is -0.492. The van der Waals surface area contributed by atoms with Gasteiger partial charge in [0.1, 0.15) is 5.82 Å². The minimum atomic E-state index is -0.522. The van der Waals surface area contributed by atoms with Gasteiger partial charge in [-0.05, 0) is 41.8 Å². The van der Waals surface area contributed by atoms with Crippen LogP contribution in [0.1, 0.15) is 21.5 Å². The highest BCUT2D eigenvalue weighted by Gasteiger charge is 2.50. The summed E-state index contributed by atoms with van der Waals surface area (Å²) in [6, 6.07) is 10.8. The molecule has 2 aliphatic heterocycles. The summed E-state index contributed by atoms with van der Waals surface area (Å²) in [6.45, 7) is 3.01. The first-order valence-corrected chi connectivity index (χ1v) is 6.94. The summed E-state index contributed by atoms with van der Waals surface area (Å²) in [5, 5.41) is 3.14. The molecule has 4 heteroatoms. The molecule has 0 bridgehead atoms. The Balaban J connectivity index is 1.84. The molecule has 0 atom stereocenters. The Morgan fingerprint density at radius 1 is 1.14 bits per heavy atom. The van der Waals surface area contributed by atoms with Gasteiger partial charge in [-0.2, -0.15) is 0 Å². The summed E-state index contributed by atoms with van der Waals surface area (Å²) < 4.78 is 19.3. The lowest BCUT2D eigenvalue weighted by molar-refractivity contribution is -0.0369. The van der Waals surface area contributed by atoms with Crippen LogP contribution in [0.25, 0.3) is 11.1 Å². The Morgan fingerprint density at radius 2 is 1.86 bits per heavy atom. The van der Waals surface area contributed by atoms with Crippen LogP contribution in [0.3, 0.4) is 0 Å². The van der Waals surface area contributed by atoms with Gasteiger partial charge >= 0.3 is 5.97 Å². The van der Waals surface area contributed by atoms with Crippen molar-refractivity contribution in [1.29, 1.82) is 0 Å². The quantitative estimate of drug-likeness (QED) is 0.818. The molecule has 0 aliphatic carbocycles. The predicted molar refractivity (Wildman–Crippen MR) is 76.5 cm³/mol. The molecule has 4 rings (SSSR count). The average Bonchev–Trinajstić information content (AvgIpc) is 2.75. The lowest BCUT2D eigenvalue weighted by Crippen LogP contribution is -2.56. The van der Waals surface area contributed by atoms with E-state index >= 15 is 0 Å². The van der Waals surface area contributed by atoms with Crippen molar-refractivity contribution in [3.8, 4) is 11.1 Å². The fourth-order valence-electron chi connectivity index (χ4n) is 2.95. The molecule has 1 fully saturated rings. The van der Waals surface area contributed by atoms with E-state index in [-0.39, 0.29) is 11.8 Å². The van der Waals surface area contributed by atoms with Crippen LogP contribution in [-0.2, 0) is 10.3 Å². The number of aryl methyl sites for hydroxylation is 1. The number of carbonyl (C=O) groups excluding carboxylic acids is 1. The van der Waals surface area contributed by atoms with Crippen LogP contribution in [0.5, 0.6) is 0 Å². The van der Waals surface area contributed by atoms with Gasteiger partial charge in [-0.3, -0.25) is 0 Å². The lowest BCUT2D eigenvalue weighted by Gasteiger charge is -2.38. The maximum atomic E-state index is 13.7. The molecular formula is C17H14FNO2. The van der Waals surface area contributed by atoms with Crippen molar-refractivity contribution < 1.29 is 13.9 Å². The van der Waals surface area contributed by atoms with E-state index in [1.54, 1.807) is 19.1 Å². The van der Waals surface area contributed by atoms with Gasteiger partial charge in [-0.15, -0.1) is 0 Å². The van der Waals surface area contributed by atoms with Crippen LogP contribution in [0.15, 0.2) is 36.4 Å². The highest BCUT2D eigenvalue weighted by atomic mass is 19.1. The Labute approximate surface area is 121 Å². The van der Waals surface area contributed by atoms with E-state index in [0.29, 0.717) is 24.2 Å². The predicted octanol–water partition coefficient (Wildman–Crippen LogP) is 2.77. The Kier molecular flexibility index (Phi) is 2.48. The van der Waals surface area contributed by atoms with Gasteiger partial charge in [0.2, 0.25) is 0 Å². The van der Waals surface area contributed by atoms with E-state index in [0.717, 1.165) is 16.7 Å². The van der Waals surface area contributed by atoms with Gasteiger partial charge in [0.25, 0.3) is 0 Å². The fourth-order valence-corrected chi connectivity index (χ4v) is 2.95. The van der Waals surface area contributed by atoms with Crippen molar-refractivity contribution in [2.45, 2.75) is 12.5 Å². The third kappa shape index (κ3) is 1.72. The zero-order valence-electron chi connectivity index (χ0n) is 11.6. The van der Waals surface area contributed by atoms with E-state index in [1.807, 2.05) is 18.2 Å². The van der Waals surface area contributed by atoms with Crippen LogP contribution in [0.2, 0.25) is 0 Å². The topological polar surface area (TPSA) is 38.3 Å². The zero-order chi connectivity index (χ0) is 14.6. The summed E-state index contributed by atoms with van der Waals surface area (Å²) in [6.07, 6.45) is 0. The van der Waals surface area contributed by atoms with Crippen molar-refractivity contribution in [3.05, 3.63) is 58.9 Å². The largest absolute Gasteiger partial charge is 0.448 e. The zero-order valence-corrected chi connectivity index (χ0v) is 11.6. The van der Waals surface area contributed by atoms with Crippen molar-refractivity contribution in [1.82, 2.24) is 5.32 Å². The molecule has 2 aromatic rings. The van der Waals surface area contributed by atoms with Crippen molar-refractivity contribution in [3.63, 3.8) is 0 Å². The number of hydrogen-bond donors (Lipinski definition) is 1. The normalized spacial score (nSPS) is 18.3. The average molecular weight is 283 g/mol. The minimum absolute atomic E-state index is 0.222. The molecule has 3 nitrogen and oxygen atoms in total. The first kappa shape index (κ1) is 12.5. The number of benzene rings is 2. The van der Waals surface area contributed by atoms with Gasteiger partial charge < -0.3 is 10.1 Å². The van der Waals surface area contributed by atoms with Crippen molar-refractivity contribution >= 4 is 5.97 Å². The van der Waals surface area contributed by atoms with Crippen LogP contribution < -0.4 is 5.32 Å². The van der Waals surface area contributed by atoms with Crippen molar-refractivity contribution in [2.75, 3.05) is 13.1 Å². The second-order valence-electron chi connectivity index (χ2n) is 5.71. The second-order valence-corrected chi connectivity index (χ2v) is 5.71. The van der Waals surface area contributed by atoms with E-state index in [2.05, 4.69) is 5.32 Å². The fraction of sp³-hybridized carbons (Fsp3) is 0.235. The molecule has 106 valence electrons. The second kappa shape index (κ2) is 4.15. The van der Waals surface area contributed by atoms with Gasteiger partial charge in [0.05, 0.1) is 5.56 Å². The van der Waals surface area contributed by atoms with Gasteiger partial charge in [0, 0.05) is 18.7 Å². The molecule has 0 radical (unpaired) electrons. The molecule has 1 saturated heterocycles. The number of rotatable bonds is 1. The molecule has 1 N–H and O–H groups in total. The number of esters is 1. The summed E-state index contributed by atoms with van der Waals surface area (Å²) in [5.41, 5.74) is 3.33. The molecule has 0 unspecified atom stereocenters. The molecule has 0 aromatic heterocycles. The Bertz CT molecular complexity index is 765. The maximum absolute atomic E-state index is 13.7. The van der Waals surface area contributed by atoms with Crippen LogP contribution in [0, 0.1) is 12.7 Å². The first-order chi connectivity index (χ1) is 10.1. The molecule has 0 amide bonds. The highest BCUT2D eigenvalue weighted by molar-refractivity contribution is 5.96. The van der Waals surface area contributed by atoms with Crippen molar-refractivity contribution in [2.24, 2.45) is 0 Å². The third-order valence-electron chi connectivity index (χ3n) is 4.34. The summed E-state index contributed by atoms with van der Waals surface area (Å²) in [4.78, 5) is 11.9. The molecule has 0 saturated carbocycles. The van der Waals surface area contributed by atoms with E-state index in [1.165, 1.54) is 6.07 Å². The van der Waals surface area contributed by atoms with Crippen LogP contribution >= 0.6 is 0 Å². The van der Waals surface area contributed by atoms with E-state index in [4.69, 9.17) is 4.74 Å². The first-order valence-electron chi connectivity index (χ1n) is 6.94. The summed E-state index contributed by atoms with van der Waals surface area (Å²) >= 11 is 0. The Hall–Kier alpha value is -2.20. The van der Waals surface area contributed by atoms with Gasteiger partial charge in [-0.25, -0.2) is 9.18 Å². The number of ether oxygens (including phenoxy) is 1. The number of fused-ring (bicyclic) bond motifs is 2. The molecule has 21 heavy (non-hydrogen) atoms. The molecule has 2 aliphatic rings. The molecular weight excluding hydrogens is 269 g/mol. The van der Waals surface area contributed by atoms with Crippen LogP contribution in [0.4, 0.5) is 4.39 Å². The standard InChI is InChI=1S/C17H14FNO2/c1-10-2-3-12(7-15(10)18)11-4-5-13-14(6-11)17(8-19-9-17)21-16(13)20/h2-7,19H,8-9H2,1H3. The molecule has 2 heterocycles. The highest BCUT2D eigenvalue weighted by Crippen LogP contribution is 2.41. The molecule has 1 spiro atoms. The van der Waals surface area contributed by atoms with E-state index in [9.17, 15) is 9.18 Å². The van der Waals surface area contributed by atoms with E-state index < -0.39 is 5.60 Å². The maximum Gasteiger partial charge on any atom is 0.339 e. The van der Waals surface area contributed by atoms with Gasteiger partial charge in [-0.1, -0.05) is 18.2 Å². The lowest BCUT2D eigenvalue weighted by atomic mass is 9.85. The monoisotopic (exact) mass is 283 g/mol. The number of hydrogen-bond acceptors (Lipinski definition) is 3. The number of carbonyl (C=O) groups is 1. The molecule has 2 aromatic carbocycles. The minimum Gasteiger partial charge on any atom is -0.448 e. The SMILES string of the molecule is Cc1ccc(-c2ccc3c(c2)C2(CNC2)OC3=O)cc1F.